The van der Waals surface area contributed by atoms with Gasteiger partial charge >= 0.3 is 0 Å². The Morgan fingerprint density at radius 3 is 2.60 bits per heavy atom. The number of hydrogen-bond donors (Lipinski definition) is 1. The van der Waals surface area contributed by atoms with Crippen molar-refractivity contribution in [2.24, 2.45) is 0 Å². The summed E-state index contributed by atoms with van der Waals surface area (Å²) in [7, 11) is 0. The monoisotopic (exact) mass is 295 g/mol. The van der Waals surface area contributed by atoms with Crippen LogP contribution in [0.15, 0.2) is 28.7 Å². The van der Waals surface area contributed by atoms with Crippen LogP contribution in [-0.4, -0.2) is 6.54 Å². The first kappa shape index (κ1) is 15.1. The van der Waals surface area contributed by atoms with E-state index in [9.17, 15) is 4.39 Å². The summed E-state index contributed by atoms with van der Waals surface area (Å²) in [5.41, 5.74) is 2.44. The Bertz CT molecular complexity index is 571. The third-order valence-electron chi connectivity index (χ3n) is 3.25. The highest BCUT2D eigenvalue weighted by molar-refractivity contribution is 6.28. The van der Waals surface area contributed by atoms with Gasteiger partial charge in [0.15, 0.2) is 5.22 Å². The molecule has 0 aliphatic carbocycles. The highest BCUT2D eigenvalue weighted by Gasteiger charge is 2.22. The highest BCUT2D eigenvalue weighted by Crippen LogP contribution is 2.30. The van der Waals surface area contributed by atoms with E-state index in [0.29, 0.717) is 16.5 Å². The number of benzene rings is 1. The minimum atomic E-state index is -0.317. The fraction of sp³-hybridized carbons (Fsp3) is 0.375. The zero-order chi connectivity index (χ0) is 14.7. The van der Waals surface area contributed by atoms with Gasteiger partial charge in [-0.2, -0.15) is 0 Å². The van der Waals surface area contributed by atoms with Crippen LogP contribution in [0.4, 0.5) is 4.39 Å². The molecule has 20 heavy (non-hydrogen) atoms. The van der Waals surface area contributed by atoms with Crippen LogP contribution in [-0.2, 0) is 0 Å². The van der Waals surface area contributed by atoms with Crippen molar-refractivity contribution < 1.29 is 8.81 Å². The minimum absolute atomic E-state index is 0.219. The Hall–Kier alpha value is -1.32. The molecular weight excluding hydrogens is 277 g/mol. The van der Waals surface area contributed by atoms with Crippen molar-refractivity contribution in [3.63, 3.8) is 0 Å². The average molecular weight is 296 g/mol. The second-order valence-electron chi connectivity index (χ2n) is 5.01. The van der Waals surface area contributed by atoms with Gasteiger partial charge in [0.2, 0.25) is 0 Å². The predicted molar refractivity (Wildman–Crippen MR) is 79.7 cm³/mol. The molecular formula is C16H19ClFNO. The van der Waals surface area contributed by atoms with E-state index in [4.69, 9.17) is 16.0 Å². The van der Waals surface area contributed by atoms with Gasteiger partial charge in [0, 0.05) is 5.56 Å². The molecule has 0 bridgehead atoms. The molecule has 2 nitrogen and oxygen atoms in total. The zero-order valence-corrected chi connectivity index (χ0v) is 12.7. The molecule has 0 aliphatic heterocycles. The van der Waals surface area contributed by atoms with Crippen molar-refractivity contribution in [2.75, 3.05) is 6.54 Å². The zero-order valence-electron chi connectivity index (χ0n) is 12.0. The first-order valence-corrected chi connectivity index (χ1v) is 7.16. The lowest BCUT2D eigenvalue weighted by Crippen LogP contribution is -2.24. The Morgan fingerprint density at radius 2 is 2.05 bits per heavy atom. The van der Waals surface area contributed by atoms with Crippen molar-refractivity contribution in [1.29, 1.82) is 0 Å². The van der Waals surface area contributed by atoms with Gasteiger partial charge in [0.05, 0.1) is 6.04 Å². The summed E-state index contributed by atoms with van der Waals surface area (Å²) >= 11 is 5.84. The van der Waals surface area contributed by atoms with Crippen LogP contribution in [0.3, 0.4) is 0 Å². The molecule has 2 aromatic rings. The Balaban J connectivity index is 2.46. The van der Waals surface area contributed by atoms with Crippen LogP contribution in [0.1, 0.15) is 41.8 Å². The number of aryl methyl sites for hydroxylation is 2. The first-order chi connectivity index (χ1) is 9.52. The summed E-state index contributed by atoms with van der Waals surface area (Å²) < 4.78 is 19.8. The molecule has 0 aliphatic rings. The molecule has 1 unspecified atom stereocenters. The molecule has 0 spiro atoms. The van der Waals surface area contributed by atoms with E-state index in [0.717, 1.165) is 24.1 Å². The topological polar surface area (TPSA) is 25.2 Å². The molecule has 1 heterocycles. The summed E-state index contributed by atoms with van der Waals surface area (Å²) in [6.45, 7) is 6.64. The molecule has 1 atom stereocenters. The molecule has 1 aromatic carbocycles. The maximum atomic E-state index is 14.4. The van der Waals surface area contributed by atoms with E-state index in [1.54, 1.807) is 18.2 Å². The van der Waals surface area contributed by atoms with E-state index in [2.05, 4.69) is 12.2 Å². The number of rotatable bonds is 5. The van der Waals surface area contributed by atoms with Gasteiger partial charge in [0.25, 0.3) is 0 Å². The van der Waals surface area contributed by atoms with E-state index < -0.39 is 0 Å². The fourth-order valence-corrected chi connectivity index (χ4v) is 2.56. The SMILES string of the molecule is CCCNC(c1ccc(Cl)o1)c1c(C)cc(C)cc1F. The third kappa shape index (κ3) is 3.22. The summed E-state index contributed by atoms with van der Waals surface area (Å²) in [4.78, 5) is 0. The van der Waals surface area contributed by atoms with E-state index in [1.807, 2.05) is 19.9 Å². The lowest BCUT2D eigenvalue weighted by molar-refractivity contribution is 0.436. The molecule has 0 saturated carbocycles. The molecule has 108 valence electrons. The molecule has 0 radical (unpaired) electrons. The number of hydrogen-bond acceptors (Lipinski definition) is 2. The Morgan fingerprint density at radius 1 is 1.30 bits per heavy atom. The van der Waals surface area contributed by atoms with Gasteiger partial charge in [-0.15, -0.1) is 0 Å². The number of nitrogens with one attached hydrogen (secondary N) is 1. The van der Waals surface area contributed by atoms with Crippen LogP contribution in [0, 0.1) is 19.7 Å². The number of halogens is 2. The molecule has 0 saturated heterocycles. The maximum absolute atomic E-state index is 14.4. The first-order valence-electron chi connectivity index (χ1n) is 6.78. The molecule has 2 rings (SSSR count). The lowest BCUT2D eigenvalue weighted by atomic mass is 9.96. The second kappa shape index (κ2) is 6.42. The van der Waals surface area contributed by atoms with E-state index >= 15 is 0 Å². The van der Waals surface area contributed by atoms with Crippen LogP contribution >= 0.6 is 11.6 Å². The van der Waals surface area contributed by atoms with Crippen molar-refractivity contribution in [3.8, 4) is 0 Å². The predicted octanol–water partition coefficient (Wildman–Crippen LogP) is 4.78. The average Bonchev–Trinajstić information content (AvgIpc) is 2.78. The quantitative estimate of drug-likeness (QED) is 0.859. The van der Waals surface area contributed by atoms with Crippen LogP contribution < -0.4 is 5.32 Å². The van der Waals surface area contributed by atoms with Crippen LogP contribution in [0.25, 0.3) is 0 Å². The Kier molecular flexibility index (Phi) is 4.84. The summed E-state index contributed by atoms with van der Waals surface area (Å²) in [5.74, 6) is 0.415. The van der Waals surface area contributed by atoms with Gasteiger partial charge < -0.3 is 9.73 Å². The van der Waals surface area contributed by atoms with E-state index in [1.165, 1.54) is 0 Å². The lowest BCUT2D eigenvalue weighted by Gasteiger charge is -2.20. The highest BCUT2D eigenvalue weighted by atomic mass is 35.5. The summed E-state index contributed by atoms with van der Waals surface area (Å²) in [5, 5.41) is 3.64. The molecule has 0 fully saturated rings. The van der Waals surface area contributed by atoms with Gasteiger partial charge in [-0.3, -0.25) is 0 Å². The van der Waals surface area contributed by atoms with Gasteiger partial charge in [0.1, 0.15) is 11.6 Å². The van der Waals surface area contributed by atoms with Crippen LogP contribution in [0.5, 0.6) is 0 Å². The molecule has 1 N–H and O–H groups in total. The largest absolute Gasteiger partial charge is 0.448 e. The summed E-state index contributed by atoms with van der Waals surface area (Å²) in [6, 6.07) is 6.67. The van der Waals surface area contributed by atoms with Crippen molar-refractivity contribution in [2.45, 2.75) is 33.2 Å². The minimum Gasteiger partial charge on any atom is -0.448 e. The van der Waals surface area contributed by atoms with Crippen molar-refractivity contribution in [3.05, 3.63) is 57.8 Å². The summed E-state index contributed by atoms with van der Waals surface area (Å²) in [6.07, 6.45) is 0.956. The van der Waals surface area contributed by atoms with Crippen molar-refractivity contribution >= 4 is 11.6 Å². The van der Waals surface area contributed by atoms with Gasteiger partial charge in [-0.25, -0.2) is 4.39 Å². The van der Waals surface area contributed by atoms with Gasteiger partial charge in [-0.1, -0.05) is 13.0 Å². The number of furan rings is 1. The van der Waals surface area contributed by atoms with E-state index in [-0.39, 0.29) is 11.9 Å². The molecule has 1 aromatic heterocycles. The Labute approximate surface area is 123 Å². The maximum Gasteiger partial charge on any atom is 0.193 e. The smallest absolute Gasteiger partial charge is 0.193 e. The third-order valence-corrected chi connectivity index (χ3v) is 3.45. The van der Waals surface area contributed by atoms with Gasteiger partial charge in [-0.05, 0) is 67.7 Å². The standard InChI is InChI=1S/C16H19ClFNO/c1-4-7-19-16(13-5-6-14(17)20-13)15-11(3)8-10(2)9-12(15)18/h5-6,8-9,16,19H,4,7H2,1-3H3. The molecule has 4 heteroatoms. The van der Waals surface area contributed by atoms with Crippen molar-refractivity contribution in [1.82, 2.24) is 5.32 Å². The molecule has 0 amide bonds. The normalized spacial score (nSPS) is 12.7. The fourth-order valence-electron chi connectivity index (χ4n) is 2.41. The van der Waals surface area contributed by atoms with Crippen LogP contribution in [0.2, 0.25) is 5.22 Å². The second-order valence-corrected chi connectivity index (χ2v) is 5.38.